The van der Waals surface area contributed by atoms with Crippen molar-refractivity contribution in [3.63, 3.8) is 0 Å². The maximum Gasteiger partial charge on any atom is 0.222 e. The van der Waals surface area contributed by atoms with Gasteiger partial charge in [0.05, 0.1) is 11.7 Å². The smallest absolute Gasteiger partial charge is 0.222 e. The molecule has 0 fully saturated rings. The lowest BCUT2D eigenvalue weighted by Crippen LogP contribution is -2.33. The first-order valence-corrected chi connectivity index (χ1v) is 10.4. The van der Waals surface area contributed by atoms with E-state index in [1.54, 1.807) is 18.7 Å². The highest BCUT2D eigenvalue weighted by Gasteiger charge is 2.24. The number of benzene rings is 2. The zero-order valence-corrected chi connectivity index (χ0v) is 18.3. The van der Waals surface area contributed by atoms with Gasteiger partial charge in [0.25, 0.3) is 0 Å². The molecule has 0 spiro atoms. The summed E-state index contributed by atoms with van der Waals surface area (Å²) in [5.74, 6) is -0.758. The molecule has 1 aromatic heterocycles. The van der Waals surface area contributed by atoms with Crippen LogP contribution in [0.1, 0.15) is 26.3 Å². The van der Waals surface area contributed by atoms with Crippen LogP contribution in [0.25, 0.3) is 11.3 Å². The summed E-state index contributed by atoms with van der Waals surface area (Å²) in [5.41, 5.74) is 2.41. The summed E-state index contributed by atoms with van der Waals surface area (Å²) in [4.78, 5) is 2.13. The molecule has 31 heavy (non-hydrogen) atoms. The standard InChI is InChI=1S/C24H29F2N3O2/c1-16(2)13-29(14-17(3)30)15-20-23(18-8-6-5-7-9-18)27-28(4)24(20)31-22-11-10-19(25)12-21(22)26/h5-12,16-17,30H,13-15H2,1-4H3/t17-/m1/s1. The number of nitrogens with zero attached hydrogens (tertiary/aromatic N) is 3. The number of aliphatic hydroxyl groups is 1. The summed E-state index contributed by atoms with van der Waals surface area (Å²) in [6.07, 6.45) is -0.505. The van der Waals surface area contributed by atoms with Crippen LogP contribution in [0.2, 0.25) is 0 Å². The largest absolute Gasteiger partial charge is 0.436 e. The number of halogens is 2. The maximum atomic E-state index is 14.3. The first kappa shape index (κ1) is 22.9. The molecule has 0 aliphatic carbocycles. The minimum absolute atomic E-state index is 0.0730. The Balaban J connectivity index is 2.06. The van der Waals surface area contributed by atoms with Crippen molar-refractivity contribution in [2.75, 3.05) is 13.1 Å². The van der Waals surface area contributed by atoms with E-state index in [0.717, 1.165) is 35.5 Å². The topological polar surface area (TPSA) is 50.5 Å². The lowest BCUT2D eigenvalue weighted by Gasteiger charge is -2.26. The highest BCUT2D eigenvalue weighted by molar-refractivity contribution is 5.65. The molecule has 7 heteroatoms. The van der Waals surface area contributed by atoms with Crippen molar-refractivity contribution in [3.05, 3.63) is 65.7 Å². The Morgan fingerprint density at radius 3 is 2.39 bits per heavy atom. The second-order valence-corrected chi connectivity index (χ2v) is 8.24. The Bertz CT molecular complexity index is 994. The Morgan fingerprint density at radius 1 is 1.06 bits per heavy atom. The lowest BCUT2D eigenvalue weighted by atomic mass is 10.1. The van der Waals surface area contributed by atoms with Gasteiger partial charge in [-0.15, -0.1) is 0 Å². The van der Waals surface area contributed by atoms with E-state index in [-0.39, 0.29) is 5.75 Å². The minimum Gasteiger partial charge on any atom is -0.436 e. The number of hydrogen-bond acceptors (Lipinski definition) is 4. The molecular weight excluding hydrogens is 400 g/mol. The van der Waals surface area contributed by atoms with Crippen LogP contribution in [0.4, 0.5) is 8.78 Å². The average molecular weight is 430 g/mol. The Hall–Kier alpha value is -2.77. The zero-order chi connectivity index (χ0) is 22.5. The summed E-state index contributed by atoms with van der Waals surface area (Å²) >= 11 is 0. The van der Waals surface area contributed by atoms with E-state index in [1.807, 2.05) is 30.3 Å². The molecule has 1 N–H and O–H groups in total. The predicted molar refractivity (Wildman–Crippen MR) is 117 cm³/mol. The summed E-state index contributed by atoms with van der Waals surface area (Å²) in [7, 11) is 1.73. The lowest BCUT2D eigenvalue weighted by molar-refractivity contribution is 0.114. The van der Waals surface area contributed by atoms with Gasteiger partial charge in [0, 0.05) is 38.3 Å². The van der Waals surface area contributed by atoms with Gasteiger partial charge in [0.2, 0.25) is 5.88 Å². The number of hydrogen-bond donors (Lipinski definition) is 1. The van der Waals surface area contributed by atoms with Crippen LogP contribution < -0.4 is 4.74 Å². The van der Waals surface area contributed by atoms with E-state index in [0.29, 0.717) is 24.9 Å². The molecule has 5 nitrogen and oxygen atoms in total. The third-order valence-electron chi connectivity index (χ3n) is 4.76. The molecule has 0 unspecified atom stereocenters. The molecule has 0 bridgehead atoms. The number of aliphatic hydroxyl groups excluding tert-OH is 1. The zero-order valence-electron chi connectivity index (χ0n) is 18.3. The van der Waals surface area contributed by atoms with Crippen LogP contribution in [-0.2, 0) is 13.6 Å². The van der Waals surface area contributed by atoms with Gasteiger partial charge in [-0.1, -0.05) is 44.2 Å². The van der Waals surface area contributed by atoms with Gasteiger partial charge in [-0.05, 0) is 25.0 Å². The van der Waals surface area contributed by atoms with Gasteiger partial charge in [0.15, 0.2) is 11.6 Å². The predicted octanol–water partition coefficient (Wildman–Crippen LogP) is 5.00. The van der Waals surface area contributed by atoms with Crippen molar-refractivity contribution in [3.8, 4) is 22.9 Å². The fourth-order valence-electron chi connectivity index (χ4n) is 3.63. The molecule has 0 aliphatic rings. The number of aryl methyl sites for hydroxylation is 1. The number of ether oxygens (including phenoxy) is 1. The Kier molecular flexibility index (Phi) is 7.41. The summed E-state index contributed by atoms with van der Waals surface area (Å²) in [6.45, 7) is 7.67. The number of rotatable bonds is 9. The highest BCUT2D eigenvalue weighted by atomic mass is 19.1. The van der Waals surface area contributed by atoms with E-state index in [2.05, 4.69) is 23.8 Å². The summed E-state index contributed by atoms with van der Waals surface area (Å²) in [6, 6.07) is 12.9. The normalized spacial score (nSPS) is 12.5. The molecule has 166 valence electrons. The number of aromatic nitrogens is 2. The molecule has 1 atom stereocenters. The highest BCUT2D eigenvalue weighted by Crippen LogP contribution is 2.35. The molecule has 0 saturated carbocycles. The van der Waals surface area contributed by atoms with Crippen LogP contribution in [0.5, 0.6) is 11.6 Å². The van der Waals surface area contributed by atoms with E-state index < -0.39 is 17.7 Å². The SMILES string of the molecule is CC(C)CN(Cc1c(-c2ccccc2)nn(C)c1Oc1ccc(F)cc1F)C[C@@H](C)O. The van der Waals surface area contributed by atoms with Crippen molar-refractivity contribution in [2.24, 2.45) is 13.0 Å². The van der Waals surface area contributed by atoms with E-state index in [1.165, 1.54) is 6.07 Å². The van der Waals surface area contributed by atoms with E-state index in [9.17, 15) is 13.9 Å². The summed E-state index contributed by atoms with van der Waals surface area (Å²) < 4.78 is 35.1. The van der Waals surface area contributed by atoms with Crippen molar-refractivity contribution in [1.82, 2.24) is 14.7 Å². The van der Waals surface area contributed by atoms with Gasteiger partial charge in [0.1, 0.15) is 11.5 Å². The molecule has 1 heterocycles. The van der Waals surface area contributed by atoms with Crippen molar-refractivity contribution >= 4 is 0 Å². The van der Waals surface area contributed by atoms with Crippen molar-refractivity contribution in [1.29, 1.82) is 0 Å². The van der Waals surface area contributed by atoms with Gasteiger partial charge >= 0.3 is 0 Å². The second-order valence-electron chi connectivity index (χ2n) is 8.24. The molecular formula is C24H29F2N3O2. The van der Waals surface area contributed by atoms with Crippen LogP contribution >= 0.6 is 0 Å². The maximum absolute atomic E-state index is 14.3. The van der Waals surface area contributed by atoms with Gasteiger partial charge in [-0.25, -0.2) is 13.5 Å². The van der Waals surface area contributed by atoms with Gasteiger partial charge < -0.3 is 9.84 Å². The van der Waals surface area contributed by atoms with Crippen LogP contribution in [-0.4, -0.2) is 39.0 Å². The molecule has 3 rings (SSSR count). The van der Waals surface area contributed by atoms with E-state index in [4.69, 9.17) is 4.74 Å². The van der Waals surface area contributed by atoms with Gasteiger partial charge in [-0.3, -0.25) is 4.90 Å². The molecule has 3 aromatic rings. The minimum atomic E-state index is -0.781. The Morgan fingerprint density at radius 2 is 1.77 bits per heavy atom. The van der Waals surface area contributed by atoms with Crippen LogP contribution in [0.15, 0.2) is 48.5 Å². The molecule has 0 radical (unpaired) electrons. The fraction of sp³-hybridized carbons (Fsp3) is 0.375. The summed E-state index contributed by atoms with van der Waals surface area (Å²) in [5, 5.41) is 14.6. The molecule has 0 aliphatic heterocycles. The molecule has 2 aromatic carbocycles. The molecule has 0 amide bonds. The monoisotopic (exact) mass is 429 g/mol. The fourth-order valence-corrected chi connectivity index (χ4v) is 3.63. The first-order chi connectivity index (χ1) is 14.7. The second kappa shape index (κ2) is 10.0. The first-order valence-electron chi connectivity index (χ1n) is 10.4. The quantitative estimate of drug-likeness (QED) is 0.520. The van der Waals surface area contributed by atoms with Gasteiger partial charge in [-0.2, -0.15) is 5.10 Å². The Labute approximate surface area is 181 Å². The third-order valence-corrected chi connectivity index (χ3v) is 4.76. The van der Waals surface area contributed by atoms with Crippen molar-refractivity contribution < 1.29 is 18.6 Å². The average Bonchev–Trinajstić information content (AvgIpc) is 2.99. The third kappa shape index (κ3) is 5.89. The van der Waals surface area contributed by atoms with Crippen LogP contribution in [0, 0.1) is 17.6 Å². The van der Waals surface area contributed by atoms with E-state index >= 15 is 0 Å². The van der Waals surface area contributed by atoms with Crippen LogP contribution in [0.3, 0.4) is 0 Å². The molecule has 0 saturated heterocycles. The van der Waals surface area contributed by atoms with Crippen molar-refractivity contribution in [2.45, 2.75) is 33.4 Å².